The van der Waals surface area contributed by atoms with Crippen molar-refractivity contribution in [1.82, 2.24) is 0 Å². The number of unbranched alkanes of at least 4 members (excludes halogenated alkanes) is 5. The second-order valence-electron chi connectivity index (χ2n) is 6.83. The summed E-state index contributed by atoms with van der Waals surface area (Å²) in [6, 6.07) is 17.1. The molecule has 0 unspecified atom stereocenters. The van der Waals surface area contributed by atoms with E-state index in [9.17, 15) is 13.7 Å². The van der Waals surface area contributed by atoms with Gasteiger partial charge in [-0.15, -0.1) is 11.8 Å². The number of para-hydroxylation sites is 1. The number of halogens is 1. The highest BCUT2D eigenvalue weighted by atomic mass is 35.5. The second-order valence-corrected chi connectivity index (χ2v) is 10.3. The molecule has 0 saturated carbocycles. The van der Waals surface area contributed by atoms with E-state index in [1.165, 1.54) is 61.7 Å². The number of benzene rings is 2. The predicted molar refractivity (Wildman–Crippen MR) is 127 cm³/mol. The number of nitrogens with one attached hydrogen (secondary N) is 1. The van der Waals surface area contributed by atoms with E-state index in [2.05, 4.69) is 12.2 Å². The molecule has 0 aliphatic carbocycles. The predicted octanol–water partition coefficient (Wildman–Crippen LogP) is 7.01. The van der Waals surface area contributed by atoms with E-state index in [0.717, 1.165) is 24.3 Å². The van der Waals surface area contributed by atoms with Crippen LogP contribution in [0.5, 0.6) is 0 Å². The number of hydrogen-bond acceptors (Lipinski definition) is 5. The Kier molecular flexibility index (Phi) is 10.3. The summed E-state index contributed by atoms with van der Waals surface area (Å²) in [5.74, 6) is 0.739. The average Bonchev–Trinajstić information content (AvgIpc) is 2.74. The third-order valence-electron chi connectivity index (χ3n) is 4.48. The first-order valence-corrected chi connectivity index (χ1v) is 12.9. The van der Waals surface area contributed by atoms with Crippen molar-refractivity contribution in [3.63, 3.8) is 0 Å². The maximum absolute atomic E-state index is 13.1. The van der Waals surface area contributed by atoms with Gasteiger partial charge in [0, 0.05) is 10.7 Å². The topological polar surface area (TPSA) is 70.0 Å². The maximum Gasteiger partial charge on any atom is 0.219 e. The number of rotatable bonds is 12. The van der Waals surface area contributed by atoms with Gasteiger partial charge in [-0.05, 0) is 48.6 Å². The van der Waals surface area contributed by atoms with Gasteiger partial charge in [-0.3, -0.25) is 0 Å². The van der Waals surface area contributed by atoms with Crippen molar-refractivity contribution >= 4 is 38.9 Å². The zero-order chi connectivity index (χ0) is 21.8. The molecule has 160 valence electrons. The summed E-state index contributed by atoms with van der Waals surface area (Å²) >= 11 is 7.26. The van der Waals surface area contributed by atoms with Crippen molar-refractivity contribution < 1.29 is 8.42 Å². The van der Waals surface area contributed by atoms with Gasteiger partial charge < -0.3 is 5.32 Å². The Labute approximate surface area is 189 Å². The molecular formula is C23H27ClN2O2S2. The molecule has 4 nitrogen and oxygen atoms in total. The summed E-state index contributed by atoms with van der Waals surface area (Å²) < 4.78 is 26.3. The van der Waals surface area contributed by atoms with Crippen LogP contribution in [-0.2, 0) is 9.84 Å². The Balaban J connectivity index is 2.25. The fraction of sp³-hybridized carbons (Fsp3) is 0.348. The molecule has 0 aliphatic rings. The largest absolute Gasteiger partial charge is 0.349 e. The standard InChI is InChI=1S/C23H27ClN2O2S2/c1-2-3-4-5-6-10-17-29-23(26-20-11-8-7-9-12-20)22(18-25)30(27,28)21-15-13-19(24)14-16-21/h7-9,11-16,26H,2-6,10,17H2,1H3. The smallest absolute Gasteiger partial charge is 0.219 e. The van der Waals surface area contributed by atoms with Gasteiger partial charge in [-0.2, -0.15) is 5.26 Å². The lowest BCUT2D eigenvalue weighted by atomic mass is 10.1. The molecule has 2 aromatic rings. The van der Waals surface area contributed by atoms with Crippen LogP contribution < -0.4 is 5.32 Å². The van der Waals surface area contributed by atoms with Crippen LogP contribution in [-0.4, -0.2) is 14.2 Å². The molecule has 0 fully saturated rings. The van der Waals surface area contributed by atoms with Crippen LogP contribution in [0, 0.1) is 11.3 Å². The Morgan fingerprint density at radius 3 is 2.27 bits per heavy atom. The molecule has 0 radical (unpaired) electrons. The van der Waals surface area contributed by atoms with Crippen molar-refractivity contribution in [2.75, 3.05) is 11.1 Å². The van der Waals surface area contributed by atoms with Gasteiger partial charge in [0.2, 0.25) is 9.84 Å². The number of allylic oxidation sites excluding steroid dienone is 1. The van der Waals surface area contributed by atoms with E-state index in [-0.39, 0.29) is 9.80 Å². The molecule has 0 heterocycles. The molecule has 0 aromatic heterocycles. The van der Waals surface area contributed by atoms with Crippen LogP contribution in [0.3, 0.4) is 0 Å². The van der Waals surface area contributed by atoms with Crippen LogP contribution in [0.15, 0.2) is 69.4 Å². The Hall–Kier alpha value is -1.94. The van der Waals surface area contributed by atoms with Crippen LogP contribution in [0.4, 0.5) is 5.69 Å². The highest BCUT2D eigenvalue weighted by molar-refractivity contribution is 8.04. The Morgan fingerprint density at radius 1 is 1.00 bits per heavy atom. The summed E-state index contributed by atoms with van der Waals surface area (Å²) in [6.45, 7) is 2.19. The minimum Gasteiger partial charge on any atom is -0.349 e. The van der Waals surface area contributed by atoms with Crippen LogP contribution in [0.25, 0.3) is 0 Å². The highest BCUT2D eigenvalue weighted by Crippen LogP contribution is 2.30. The first kappa shape index (κ1) is 24.3. The Morgan fingerprint density at radius 2 is 1.63 bits per heavy atom. The molecule has 0 amide bonds. The number of nitriles is 1. The van der Waals surface area contributed by atoms with Gasteiger partial charge in [0.15, 0.2) is 4.91 Å². The fourth-order valence-electron chi connectivity index (χ4n) is 2.83. The lowest BCUT2D eigenvalue weighted by Gasteiger charge is -2.14. The van der Waals surface area contributed by atoms with Crippen LogP contribution in [0.1, 0.15) is 45.4 Å². The summed E-state index contributed by atoms with van der Waals surface area (Å²) in [6.07, 6.45) is 6.91. The number of hydrogen-bond donors (Lipinski definition) is 1. The number of anilines is 1. The van der Waals surface area contributed by atoms with E-state index in [1.54, 1.807) is 0 Å². The van der Waals surface area contributed by atoms with Gasteiger partial charge in [-0.25, -0.2) is 8.42 Å². The van der Waals surface area contributed by atoms with E-state index in [4.69, 9.17) is 11.6 Å². The minimum absolute atomic E-state index is 0.0518. The van der Waals surface area contributed by atoms with Crippen molar-refractivity contribution in [2.45, 2.75) is 50.3 Å². The molecule has 0 spiro atoms. The second kappa shape index (κ2) is 12.7. The molecule has 0 atom stereocenters. The zero-order valence-corrected chi connectivity index (χ0v) is 19.5. The number of nitrogens with zero attached hydrogens (tertiary/aromatic N) is 1. The molecule has 0 bridgehead atoms. The molecule has 0 saturated heterocycles. The monoisotopic (exact) mass is 462 g/mol. The fourth-order valence-corrected chi connectivity index (χ4v) is 5.53. The molecule has 1 N–H and O–H groups in total. The molecule has 2 aromatic carbocycles. The first-order chi connectivity index (χ1) is 14.5. The molecule has 30 heavy (non-hydrogen) atoms. The van der Waals surface area contributed by atoms with Gasteiger partial charge in [0.1, 0.15) is 11.1 Å². The highest BCUT2D eigenvalue weighted by Gasteiger charge is 2.25. The van der Waals surface area contributed by atoms with Crippen molar-refractivity contribution in [1.29, 1.82) is 5.26 Å². The maximum atomic E-state index is 13.1. The molecular weight excluding hydrogens is 436 g/mol. The zero-order valence-electron chi connectivity index (χ0n) is 17.1. The molecule has 0 aliphatic heterocycles. The summed E-state index contributed by atoms with van der Waals surface area (Å²) in [7, 11) is -3.97. The van der Waals surface area contributed by atoms with Crippen LogP contribution in [0.2, 0.25) is 5.02 Å². The summed E-state index contributed by atoms with van der Waals surface area (Å²) in [5, 5.41) is 13.7. The molecule has 2 rings (SSSR count). The first-order valence-electron chi connectivity index (χ1n) is 10.1. The summed E-state index contributed by atoms with van der Waals surface area (Å²) in [4.78, 5) is -0.222. The quantitative estimate of drug-likeness (QED) is 0.271. The van der Waals surface area contributed by atoms with Gasteiger partial charge in [-0.1, -0.05) is 68.8 Å². The van der Waals surface area contributed by atoms with Crippen LogP contribution >= 0.6 is 23.4 Å². The average molecular weight is 463 g/mol. The summed E-state index contributed by atoms with van der Waals surface area (Å²) in [5.41, 5.74) is 0.738. The van der Waals surface area contributed by atoms with E-state index in [0.29, 0.717) is 10.1 Å². The van der Waals surface area contributed by atoms with E-state index < -0.39 is 9.84 Å². The van der Waals surface area contributed by atoms with Gasteiger partial charge in [0.05, 0.1) is 4.90 Å². The third-order valence-corrected chi connectivity index (χ3v) is 7.67. The SMILES string of the molecule is CCCCCCCCSC(Nc1ccccc1)=C(C#N)S(=O)(=O)c1ccc(Cl)cc1. The van der Waals surface area contributed by atoms with Crippen molar-refractivity contribution in [3.05, 3.63) is 69.6 Å². The van der Waals surface area contributed by atoms with E-state index >= 15 is 0 Å². The number of thioether (sulfide) groups is 1. The molecule has 7 heteroatoms. The normalized spacial score (nSPS) is 12.2. The van der Waals surface area contributed by atoms with E-state index in [1.807, 2.05) is 36.4 Å². The van der Waals surface area contributed by atoms with Gasteiger partial charge >= 0.3 is 0 Å². The van der Waals surface area contributed by atoms with Gasteiger partial charge in [0.25, 0.3) is 0 Å². The third kappa shape index (κ3) is 7.39. The lowest BCUT2D eigenvalue weighted by molar-refractivity contribution is 0.603. The lowest BCUT2D eigenvalue weighted by Crippen LogP contribution is -2.10. The van der Waals surface area contributed by atoms with Crippen molar-refractivity contribution in [2.24, 2.45) is 0 Å². The number of sulfone groups is 1. The van der Waals surface area contributed by atoms with Crippen molar-refractivity contribution in [3.8, 4) is 6.07 Å². The Bertz CT molecular complexity index is 967. The minimum atomic E-state index is -3.97.